The summed E-state index contributed by atoms with van der Waals surface area (Å²) in [6.07, 6.45) is 0. The van der Waals surface area contributed by atoms with Gasteiger partial charge >= 0.3 is 12.0 Å². The van der Waals surface area contributed by atoms with Crippen LogP contribution in [0.2, 0.25) is 0 Å². The molecule has 4 amide bonds. The number of esters is 1. The monoisotopic (exact) mass is 458 g/mol. The highest BCUT2D eigenvalue weighted by Gasteiger charge is 2.58. The van der Waals surface area contributed by atoms with E-state index in [0.717, 1.165) is 10.3 Å². The minimum absolute atomic E-state index is 0.231. The van der Waals surface area contributed by atoms with Crippen molar-refractivity contribution in [1.29, 1.82) is 0 Å². The quantitative estimate of drug-likeness (QED) is 0.327. The molecule has 0 saturated carbocycles. The second-order valence-electron chi connectivity index (χ2n) is 9.37. The maximum Gasteiger partial charge on any atom is 0.335 e. The lowest BCUT2D eigenvalue weighted by Gasteiger charge is -2.32. The molecule has 0 N–H and O–H groups in total. The molecule has 1 aliphatic heterocycles. The number of ether oxygens (including phenoxy) is 1. The lowest BCUT2D eigenvalue weighted by Crippen LogP contribution is -2.47. The van der Waals surface area contributed by atoms with Crippen molar-refractivity contribution in [1.82, 2.24) is 9.80 Å². The molecule has 1 fully saturated rings. The standard InChI is InChI=1S/C27H26N2O5/c1-26(2,3)34-22(30)17-28-25(33)29(24(32)27(28,4)19-13-6-5-7-14-19)23(31)21-16-10-12-18-11-8-9-15-20(18)21/h5-16H,17H2,1-4H3. The first kappa shape index (κ1) is 23.2. The normalized spacial score (nSPS) is 18.5. The molecule has 0 aromatic heterocycles. The molecule has 0 spiro atoms. The van der Waals surface area contributed by atoms with Crippen LogP contribution in [0.25, 0.3) is 10.8 Å². The largest absolute Gasteiger partial charge is 0.459 e. The maximum absolute atomic E-state index is 13.8. The van der Waals surface area contributed by atoms with E-state index in [9.17, 15) is 19.2 Å². The van der Waals surface area contributed by atoms with Crippen molar-refractivity contribution in [2.75, 3.05) is 6.54 Å². The molecule has 0 bridgehead atoms. The van der Waals surface area contributed by atoms with Gasteiger partial charge in [0.2, 0.25) is 0 Å². The van der Waals surface area contributed by atoms with E-state index >= 15 is 0 Å². The van der Waals surface area contributed by atoms with Gasteiger partial charge in [0.1, 0.15) is 17.7 Å². The number of fused-ring (bicyclic) bond motifs is 1. The van der Waals surface area contributed by atoms with Gasteiger partial charge in [-0.2, -0.15) is 4.90 Å². The van der Waals surface area contributed by atoms with Crippen molar-refractivity contribution in [3.8, 4) is 0 Å². The van der Waals surface area contributed by atoms with Crippen molar-refractivity contribution in [2.24, 2.45) is 0 Å². The molecule has 3 aromatic rings. The van der Waals surface area contributed by atoms with Gasteiger partial charge in [0.05, 0.1) is 0 Å². The van der Waals surface area contributed by atoms with Gasteiger partial charge in [-0.3, -0.25) is 19.3 Å². The summed E-state index contributed by atoms with van der Waals surface area (Å²) in [7, 11) is 0. The van der Waals surface area contributed by atoms with Crippen LogP contribution in [0.15, 0.2) is 72.8 Å². The van der Waals surface area contributed by atoms with Gasteiger partial charge in [0.15, 0.2) is 0 Å². The fourth-order valence-electron chi connectivity index (χ4n) is 4.21. The third-order valence-corrected chi connectivity index (χ3v) is 5.85. The fourth-order valence-corrected chi connectivity index (χ4v) is 4.21. The van der Waals surface area contributed by atoms with Crippen molar-refractivity contribution >= 4 is 34.6 Å². The number of carbonyl (C=O) groups excluding carboxylic acids is 4. The highest BCUT2D eigenvalue weighted by Crippen LogP contribution is 2.38. The molecule has 0 radical (unpaired) electrons. The Bertz CT molecular complexity index is 1290. The minimum Gasteiger partial charge on any atom is -0.459 e. The van der Waals surface area contributed by atoms with Gasteiger partial charge < -0.3 is 4.74 Å². The predicted molar refractivity (Wildman–Crippen MR) is 127 cm³/mol. The van der Waals surface area contributed by atoms with Gasteiger partial charge in [-0.05, 0) is 50.1 Å². The summed E-state index contributed by atoms with van der Waals surface area (Å²) in [6.45, 7) is 6.22. The highest BCUT2D eigenvalue weighted by molar-refractivity contribution is 6.24. The molecule has 7 nitrogen and oxygen atoms in total. The average Bonchev–Trinajstić information content (AvgIpc) is 2.98. The number of benzene rings is 3. The zero-order chi connectivity index (χ0) is 24.7. The SMILES string of the molecule is CC(C)(C)OC(=O)CN1C(=O)N(C(=O)c2cccc3ccccc23)C(=O)C1(C)c1ccccc1. The lowest BCUT2D eigenvalue weighted by molar-refractivity contribution is -0.156. The summed E-state index contributed by atoms with van der Waals surface area (Å²) in [5.41, 5.74) is -1.61. The Morgan fingerprint density at radius 3 is 2.18 bits per heavy atom. The Balaban J connectivity index is 1.79. The Labute approximate surface area is 197 Å². The Kier molecular flexibility index (Phi) is 5.73. The number of amides is 4. The molecule has 1 saturated heterocycles. The van der Waals surface area contributed by atoms with Gasteiger partial charge in [-0.25, -0.2) is 4.79 Å². The molecule has 3 aromatic carbocycles. The van der Waals surface area contributed by atoms with Gasteiger partial charge in [-0.1, -0.05) is 66.7 Å². The van der Waals surface area contributed by atoms with Crippen LogP contribution in [-0.4, -0.2) is 45.8 Å². The molecule has 1 heterocycles. The van der Waals surface area contributed by atoms with E-state index in [1.807, 2.05) is 18.2 Å². The van der Waals surface area contributed by atoms with Gasteiger partial charge in [0.25, 0.3) is 11.8 Å². The first-order valence-electron chi connectivity index (χ1n) is 11.0. The van der Waals surface area contributed by atoms with Crippen LogP contribution >= 0.6 is 0 Å². The molecular weight excluding hydrogens is 432 g/mol. The molecule has 1 unspecified atom stereocenters. The number of nitrogens with zero attached hydrogens (tertiary/aromatic N) is 2. The molecule has 0 aliphatic carbocycles. The molecule has 7 heteroatoms. The smallest absolute Gasteiger partial charge is 0.335 e. The van der Waals surface area contributed by atoms with E-state index < -0.39 is 41.5 Å². The summed E-state index contributed by atoms with van der Waals surface area (Å²) in [5.74, 6) is -2.12. The summed E-state index contributed by atoms with van der Waals surface area (Å²) >= 11 is 0. The summed E-state index contributed by atoms with van der Waals surface area (Å²) in [5, 5.41) is 1.44. The maximum atomic E-state index is 13.8. The first-order valence-corrected chi connectivity index (χ1v) is 11.0. The van der Waals surface area contributed by atoms with Crippen LogP contribution in [0, 0.1) is 0 Å². The summed E-state index contributed by atoms with van der Waals surface area (Å²) < 4.78 is 5.40. The van der Waals surface area contributed by atoms with Crippen LogP contribution < -0.4 is 0 Å². The van der Waals surface area contributed by atoms with E-state index in [0.29, 0.717) is 15.8 Å². The first-order chi connectivity index (χ1) is 16.0. The van der Waals surface area contributed by atoms with Crippen LogP contribution in [0.3, 0.4) is 0 Å². The number of hydrogen-bond acceptors (Lipinski definition) is 5. The Hall–Kier alpha value is -4.00. The van der Waals surface area contributed by atoms with Gasteiger partial charge in [-0.15, -0.1) is 0 Å². The molecule has 34 heavy (non-hydrogen) atoms. The second kappa shape index (κ2) is 8.41. The zero-order valence-corrected chi connectivity index (χ0v) is 19.6. The van der Waals surface area contributed by atoms with E-state index in [1.54, 1.807) is 82.3 Å². The number of carbonyl (C=O) groups is 4. The predicted octanol–water partition coefficient (Wildman–Crippen LogP) is 4.50. The molecule has 1 atom stereocenters. The zero-order valence-electron chi connectivity index (χ0n) is 19.6. The van der Waals surface area contributed by atoms with Crippen LogP contribution in [0.5, 0.6) is 0 Å². The van der Waals surface area contributed by atoms with E-state index in [2.05, 4.69) is 0 Å². The van der Waals surface area contributed by atoms with Crippen LogP contribution in [-0.2, 0) is 19.9 Å². The third kappa shape index (κ3) is 3.94. The van der Waals surface area contributed by atoms with Crippen LogP contribution in [0.1, 0.15) is 43.6 Å². The van der Waals surface area contributed by atoms with Crippen molar-refractivity contribution in [2.45, 2.75) is 38.8 Å². The number of hydrogen-bond donors (Lipinski definition) is 0. The number of imide groups is 3. The van der Waals surface area contributed by atoms with Crippen molar-refractivity contribution in [3.05, 3.63) is 83.9 Å². The summed E-state index contributed by atoms with van der Waals surface area (Å²) in [6, 6.07) is 20.2. The topological polar surface area (TPSA) is 84.0 Å². The van der Waals surface area contributed by atoms with E-state index in [1.165, 1.54) is 0 Å². The van der Waals surface area contributed by atoms with Crippen molar-refractivity contribution in [3.63, 3.8) is 0 Å². The van der Waals surface area contributed by atoms with E-state index in [4.69, 9.17) is 4.74 Å². The summed E-state index contributed by atoms with van der Waals surface area (Å²) in [4.78, 5) is 55.3. The molecule has 4 rings (SSSR count). The Morgan fingerprint density at radius 2 is 1.50 bits per heavy atom. The molecular formula is C27H26N2O5. The third-order valence-electron chi connectivity index (χ3n) is 5.85. The minimum atomic E-state index is -1.56. The Morgan fingerprint density at radius 1 is 0.882 bits per heavy atom. The fraction of sp³-hybridized carbons (Fsp3) is 0.259. The second-order valence-corrected chi connectivity index (χ2v) is 9.37. The number of rotatable bonds is 4. The van der Waals surface area contributed by atoms with Gasteiger partial charge in [0, 0.05) is 5.56 Å². The lowest BCUT2D eigenvalue weighted by atomic mass is 9.90. The van der Waals surface area contributed by atoms with E-state index in [-0.39, 0.29) is 5.56 Å². The number of urea groups is 1. The average molecular weight is 459 g/mol. The van der Waals surface area contributed by atoms with Crippen LogP contribution in [0.4, 0.5) is 4.79 Å². The highest BCUT2D eigenvalue weighted by atomic mass is 16.6. The molecule has 1 aliphatic rings. The molecule has 174 valence electrons. The van der Waals surface area contributed by atoms with Crippen molar-refractivity contribution < 1.29 is 23.9 Å².